The van der Waals surface area contributed by atoms with Crippen molar-refractivity contribution in [3.63, 3.8) is 0 Å². The second-order valence-corrected chi connectivity index (χ2v) is 8.24. The van der Waals surface area contributed by atoms with Gasteiger partial charge in [-0.25, -0.2) is 8.42 Å². The standard InChI is InChI=1S/C18H17ClF3N2O4S/c1-2-28-17(25)24(23)16(14-7-9-15(19)10-8-14)13-5-3-12(4-6-13)11-29(26,27)18(20,21)22/h3-10H,2,11,23H2,1H3/q+1. The van der Waals surface area contributed by atoms with Crippen molar-refractivity contribution < 1.29 is 35.8 Å². The van der Waals surface area contributed by atoms with Crippen LogP contribution in [0.3, 0.4) is 0 Å². The fraction of sp³-hybridized carbons (Fsp3) is 0.222. The normalized spacial score (nSPS) is 13.0. The topological polar surface area (TPSA) is 89.5 Å². The second-order valence-electron chi connectivity index (χ2n) is 5.83. The molecule has 2 aromatic carbocycles. The first kappa shape index (κ1) is 22.7. The van der Waals surface area contributed by atoms with Crippen LogP contribution in [0.1, 0.15) is 23.6 Å². The number of alkyl halides is 3. The summed E-state index contributed by atoms with van der Waals surface area (Å²) < 4.78 is 66.0. The first-order valence-corrected chi connectivity index (χ1v) is 10.2. The van der Waals surface area contributed by atoms with Gasteiger partial charge in [0, 0.05) is 10.6 Å². The highest BCUT2D eigenvalue weighted by Crippen LogP contribution is 2.27. The van der Waals surface area contributed by atoms with E-state index in [1.807, 2.05) is 0 Å². The Morgan fingerprint density at radius 3 is 2.00 bits per heavy atom. The Morgan fingerprint density at radius 2 is 1.55 bits per heavy atom. The number of benzene rings is 2. The van der Waals surface area contributed by atoms with Crippen LogP contribution in [0.15, 0.2) is 48.5 Å². The molecule has 0 aromatic heterocycles. The molecule has 0 saturated heterocycles. The predicted octanol–water partition coefficient (Wildman–Crippen LogP) is 3.65. The van der Waals surface area contributed by atoms with Gasteiger partial charge < -0.3 is 4.74 Å². The maximum Gasteiger partial charge on any atom is 0.626 e. The van der Waals surface area contributed by atoms with Crippen LogP contribution < -0.4 is 5.84 Å². The third-order valence-electron chi connectivity index (χ3n) is 3.76. The van der Waals surface area contributed by atoms with Gasteiger partial charge in [-0.1, -0.05) is 23.7 Å². The van der Waals surface area contributed by atoms with Gasteiger partial charge in [0.15, 0.2) is 0 Å². The van der Waals surface area contributed by atoms with Crippen LogP contribution in [-0.2, 0) is 20.3 Å². The van der Waals surface area contributed by atoms with E-state index in [9.17, 15) is 26.4 Å². The molecule has 0 saturated carbocycles. The summed E-state index contributed by atoms with van der Waals surface area (Å²) in [5, 5.41) is 0.445. The molecule has 0 atom stereocenters. The van der Waals surface area contributed by atoms with Gasteiger partial charge in [0.1, 0.15) is 0 Å². The molecule has 0 heterocycles. The Labute approximate surface area is 170 Å². The van der Waals surface area contributed by atoms with Crippen molar-refractivity contribution in [2.45, 2.75) is 18.2 Å². The molecule has 0 spiro atoms. The summed E-state index contributed by atoms with van der Waals surface area (Å²) in [6, 6.07) is 11.5. The number of sulfone groups is 1. The van der Waals surface area contributed by atoms with Gasteiger partial charge in [-0.2, -0.15) is 23.8 Å². The number of carbonyl (C=O) groups excluding carboxylic acids is 1. The van der Waals surface area contributed by atoms with E-state index >= 15 is 0 Å². The molecular formula is C18H17ClF3N2O4S+. The van der Waals surface area contributed by atoms with Crippen LogP contribution in [0.4, 0.5) is 18.0 Å². The fourth-order valence-corrected chi connectivity index (χ4v) is 3.32. The zero-order chi connectivity index (χ0) is 21.8. The third kappa shape index (κ3) is 5.48. The molecule has 11 heteroatoms. The van der Waals surface area contributed by atoms with Gasteiger partial charge in [-0.05, 0) is 53.6 Å². The minimum atomic E-state index is -5.34. The molecule has 6 nitrogen and oxygen atoms in total. The number of halogens is 4. The van der Waals surface area contributed by atoms with Gasteiger partial charge in [0.25, 0.3) is 15.5 Å². The van der Waals surface area contributed by atoms with Gasteiger partial charge in [-0.15, -0.1) is 0 Å². The molecule has 0 aliphatic rings. The Bertz CT molecular complexity index is 1020. The molecule has 0 unspecified atom stereocenters. The highest BCUT2D eigenvalue weighted by atomic mass is 35.5. The summed E-state index contributed by atoms with van der Waals surface area (Å²) in [7, 11) is -5.31. The number of hydrazone groups is 1. The molecule has 1 amide bonds. The van der Waals surface area contributed by atoms with E-state index in [0.717, 1.165) is 4.68 Å². The summed E-state index contributed by atoms with van der Waals surface area (Å²) in [4.78, 5) is 12.1. The highest BCUT2D eigenvalue weighted by Gasteiger charge is 2.45. The van der Waals surface area contributed by atoms with Crippen LogP contribution in [0.2, 0.25) is 5.02 Å². The zero-order valence-electron chi connectivity index (χ0n) is 15.1. The lowest BCUT2D eigenvalue weighted by Crippen LogP contribution is -2.35. The van der Waals surface area contributed by atoms with Crippen LogP contribution in [0.25, 0.3) is 0 Å². The Kier molecular flexibility index (Phi) is 6.91. The summed E-state index contributed by atoms with van der Waals surface area (Å²) in [5.74, 6) is 4.69. The Hall–Kier alpha value is -2.59. The number of carbonyl (C=O) groups is 1. The first-order chi connectivity index (χ1) is 13.5. The second kappa shape index (κ2) is 8.83. The summed E-state index contributed by atoms with van der Waals surface area (Å²) >= 11 is 5.88. The smallest absolute Gasteiger partial charge is 0.410 e. The molecule has 2 aromatic rings. The zero-order valence-corrected chi connectivity index (χ0v) is 16.7. The number of hydrazine groups is 1. The minimum absolute atomic E-state index is 0.0683. The van der Waals surface area contributed by atoms with Crippen molar-refractivity contribution in [1.82, 2.24) is 0 Å². The van der Waals surface area contributed by atoms with E-state index in [2.05, 4.69) is 0 Å². The molecule has 0 aliphatic heterocycles. The number of hydrogen-bond donors (Lipinski definition) is 1. The van der Waals surface area contributed by atoms with E-state index in [0.29, 0.717) is 16.1 Å². The predicted molar refractivity (Wildman–Crippen MR) is 101 cm³/mol. The van der Waals surface area contributed by atoms with E-state index in [4.69, 9.17) is 22.2 Å². The Balaban J connectivity index is 2.48. The lowest BCUT2D eigenvalue weighted by atomic mass is 10.0. The minimum Gasteiger partial charge on any atom is -0.410 e. The summed E-state index contributed by atoms with van der Waals surface area (Å²) in [6.45, 7) is 1.68. The van der Waals surface area contributed by atoms with Crippen molar-refractivity contribution >= 4 is 33.2 Å². The molecule has 156 valence electrons. The van der Waals surface area contributed by atoms with Crippen LogP contribution in [0.5, 0.6) is 0 Å². The quantitative estimate of drug-likeness (QED) is 0.247. The molecule has 0 fully saturated rings. The maximum atomic E-state index is 12.6. The average Bonchev–Trinajstić information content (AvgIpc) is 2.64. The van der Waals surface area contributed by atoms with Gasteiger partial charge in [0.05, 0.1) is 17.9 Å². The number of nitrogens with zero attached hydrogens (tertiary/aromatic N) is 1. The lowest BCUT2D eigenvalue weighted by molar-refractivity contribution is -0.456. The van der Waals surface area contributed by atoms with Crippen LogP contribution in [-0.4, -0.2) is 37.0 Å². The molecule has 0 bridgehead atoms. The van der Waals surface area contributed by atoms with Crippen LogP contribution >= 0.6 is 11.6 Å². The lowest BCUT2D eigenvalue weighted by Gasteiger charge is -2.09. The number of amides is 1. The third-order valence-corrected chi connectivity index (χ3v) is 5.43. The summed E-state index contributed by atoms with van der Waals surface area (Å²) in [6.07, 6.45) is -0.846. The fourth-order valence-electron chi connectivity index (χ4n) is 2.40. The number of rotatable bonds is 5. The van der Waals surface area contributed by atoms with Crippen molar-refractivity contribution in [3.05, 3.63) is 70.2 Å². The van der Waals surface area contributed by atoms with E-state index in [-0.39, 0.29) is 17.9 Å². The SMILES string of the molecule is CCOC(=O)[N+](N)=C(c1ccc(Cl)cc1)c1ccc(CS(=O)(=O)C(F)(F)F)cc1. The van der Waals surface area contributed by atoms with Gasteiger partial charge >= 0.3 is 11.6 Å². The van der Waals surface area contributed by atoms with Crippen molar-refractivity contribution in [1.29, 1.82) is 0 Å². The largest absolute Gasteiger partial charge is 0.626 e. The number of hydrogen-bond acceptors (Lipinski definition) is 5. The van der Waals surface area contributed by atoms with Gasteiger partial charge in [-0.3, -0.25) is 0 Å². The number of nitrogens with two attached hydrogens (primary N) is 1. The first-order valence-electron chi connectivity index (χ1n) is 8.19. The summed E-state index contributed by atoms with van der Waals surface area (Å²) in [5.41, 5.74) is -4.37. The highest BCUT2D eigenvalue weighted by molar-refractivity contribution is 7.91. The molecule has 29 heavy (non-hydrogen) atoms. The molecule has 2 rings (SSSR count). The van der Waals surface area contributed by atoms with Crippen LogP contribution in [0, 0.1) is 0 Å². The van der Waals surface area contributed by atoms with E-state index < -0.39 is 27.2 Å². The molecule has 0 radical (unpaired) electrons. The van der Waals surface area contributed by atoms with E-state index in [1.165, 1.54) is 24.3 Å². The Morgan fingerprint density at radius 1 is 1.07 bits per heavy atom. The average molecular weight is 450 g/mol. The monoisotopic (exact) mass is 449 g/mol. The molecule has 0 aliphatic carbocycles. The number of ether oxygens (including phenoxy) is 1. The molecule has 2 N–H and O–H groups in total. The maximum absolute atomic E-state index is 12.6. The van der Waals surface area contributed by atoms with Gasteiger partial charge in [0.2, 0.25) is 0 Å². The van der Waals surface area contributed by atoms with E-state index in [1.54, 1.807) is 31.2 Å². The van der Waals surface area contributed by atoms with Crippen molar-refractivity contribution in [2.75, 3.05) is 6.61 Å². The molecular weight excluding hydrogens is 433 g/mol. The van der Waals surface area contributed by atoms with Crippen molar-refractivity contribution in [3.8, 4) is 0 Å². The van der Waals surface area contributed by atoms with Crippen molar-refractivity contribution in [2.24, 2.45) is 5.84 Å².